The molecule has 1 fully saturated rings. The Bertz CT molecular complexity index is 411. The maximum absolute atomic E-state index is 12.3. The summed E-state index contributed by atoms with van der Waals surface area (Å²) in [5.41, 5.74) is 1.10. The lowest BCUT2D eigenvalue weighted by Crippen LogP contribution is -2.31. The van der Waals surface area contributed by atoms with Crippen molar-refractivity contribution in [1.29, 1.82) is 0 Å². The highest BCUT2D eigenvalue weighted by Crippen LogP contribution is 2.42. The first-order valence-electron chi connectivity index (χ1n) is 7.25. The minimum Gasteiger partial charge on any atom is -0.356 e. The molecule has 1 atom stereocenters. The lowest BCUT2D eigenvalue weighted by molar-refractivity contribution is -0.123. The fourth-order valence-corrected chi connectivity index (χ4v) is 2.56. The molecule has 1 saturated carbocycles. The van der Waals surface area contributed by atoms with Crippen molar-refractivity contribution in [1.82, 2.24) is 5.32 Å². The van der Waals surface area contributed by atoms with Crippen LogP contribution in [0.2, 0.25) is 5.02 Å². The van der Waals surface area contributed by atoms with Crippen molar-refractivity contribution < 1.29 is 4.79 Å². The van der Waals surface area contributed by atoms with Crippen LogP contribution in [0, 0.1) is 5.92 Å². The Balaban J connectivity index is 1.95. The first-order chi connectivity index (χ1) is 9.22. The Labute approximate surface area is 120 Å². The normalized spacial score (nSPS) is 16.1. The van der Waals surface area contributed by atoms with Gasteiger partial charge in [-0.25, -0.2) is 0 Å². The number of rotatable bonds is 7. The molecule has 3 heteroatoms. The highest BCUT2D eigenvalue weighted by molar-refractivity contribution is 6.30. The molecular formula is C16H22ClNO. The summed E-state index contributed by atoms with van der Waals surface area (Å²) in [6.45, 7) is 2.96. The first kappa shape index (κ1) is 14.4. The van der Waals surface area contributed by atoms with Crippen LogP contribution in [0.25, 0.3) is 0 Å². The maximum atomic E-state index is 12.3. The summed E-state index contributed by atoms with van der Waals surface area (Å²) in [6, 6.07) is 7.71. The Morgan fingerprint density at radius 2 is 2.00 bits per heavy atom. The maximum Gasteiger partial charge on any atom is 0.227 e. The van der Waals surface area contributed by atoms with Gasteiger partial charge in [-0.1, -0.05) is 43.5 Å². The molecule has 1 amide bonds. The lowest BCUT2D eigenvalue weighted by atomic mass is 9.93. The van der Waals surface area contributed by atoms with Gasteiger partial charge in [-0.3, -0.25) is 4.79 Å². The number of nitrogens with one attached hydrogen (secondary N) is 1. The predicted octanol–water partition coefficient (Wildman–Crippen LogP) is 4.14. The molecule has 0 bridgehead atoms. The van der Waals surface area contributed by atoms with Crippen molar-refractivity contribution >= 4 is 17.5 Å². The first-order valence-corrected chi connectivity index (χ1v) is 7.63. The fourth-order valence-electron chi connectivity index (χ4n) is 2.43. The molecule has 104 valence electrons. The van der Waals surface area contributed by atoms with Gasteiger partial charge in [0.25, 0.3) is 0 Å². The van der Waals surface area contributed by atoms with Crippen molar-refractivity contribution in [3.05, 3.63) is 34.9 Å². The molecule has 0 aliphatic heterocycles. The largest absolute Gasteiger partial charge is 0.356 e. The van der Waals surface area contributed by atoms with Crippen LogP contribution in [-0.4, -0.2) is 12.5 Å². The monoisotopic (exact) mass is 279 g/mol. The molecule has 1 aliphatic carbocycles. The number of carbonyl (C=O) groups excluding carboxylic acids is 1. The second-order valence-electron chi connectivity index (χ2n) is 5.36. The van der Waals surface area contributed by atoms with Gasteiger partial charge in [-0.15, -0.1) is 0 Å². The standard InChI is InChI=1S/C16H22ClNO/c1-2-3-4-11-18-16(19)15(12-5-6-12)13-7-9-14(17)10-8-13/h7-10,12,15H,2-6,11H2,1H3,(H,18,19). The van der Waals surface area contributed by atoms with Gasteiger partial charge in [-0.2, -0.15) is 0 Å². The van der Waals surface area contributed by atoms with E-state index in [4.69, 9.17) is 11.6 Å². The molecule has 1 aromatic rings. The van der Waals surface area contributed by atoms with Crippen molar-refractivity contribution in [2.75, 3.05) is 6.54 Å². The Kier molecular flexibility index (Phi) is 5.26. The van der Waals surface area contributed by atoms with Gasteiger partial charge >= 0.3 is 0 Å². The van der Waals surface area contributed by atoms with Crippen LogP contribution in [-0.2, 0) is 4.79 Å². The van der Waals surface area contributed by atoms with Crippen molar-refractivity contribution in [3.8, 4) is 0 Å². The summed E-state index contributed by atoms with van der Waals surface area (Å²) in [5, 5.41) is 3.80. The Morgan fingerprint density at radius 3 is 2.58 bits per heavy atom. The lowest BCUT2D eigenvalue weighted by Gasteiger charge is -2.16. The van der Waals surface area contributed by atoms with Crippen LogP contribution in [0.3, 0.4) is 0 Å². The molecule has 0 spiro atoms. The average Bonchev–Trinajstić information content (AvgIpc) is 3.22. The van der Waals surface area contributed by atoms with E-state index in [0.29, 0.717) is 5.92 Å². The third-order valence-corrected chi connectivity index (χ3v) is 3.94. The van der Waals surface area contributed by atoms with E-state index < -0.39 is 0 Å². The molecule has 1 unspecified atom stereocenters. The van der Waals surface area contributed by atoms with Gasteiger partial charge in [0, 0.05) is 11.6 Å². The summed E-state index contributed by atoms with van der Waals surface area (Å²) in [6.07, 6.45) is 5.75. The fraction of sp³-hybridized carbons (Fsp3) is 0.562. The summed E-state index contributed by atoms with van der Waals surface area (Å²) in [7, 11) is 0. The van der Waals surface area contributed by atoms with Crippen LogP contribution < -0.4 is 5.32 Å². The quantitative estimate of drug-likeness (QED) is 0.747. The molecule has 1 aromatic carbocycles. The smallest absolute Gasteiger partial charge is 0.227 e. The average molecular weight is 280 g/mol. The zero-order valence-corrected chi connectivity index (χ0v) is 12.2. The van der Waals surface area contributed by atoms with E-state index >= 15 is 0 Å². The van der Waals surface area contributed by atoms with E-state index in [9.17, 15) is 4.79 Å². The number of hydrogen-bond acceptors (Lipinski definition) is 1. The van der Waals surface area contributed by atoms with Gasteiger partial charge in [0.2, 0.25) is 5.91 Å². The zero-order chi connectivity index (χ0) is 13.7. The Morgan fingerprint density at radius 1 is 1.32 bits per heavy atom. The summed E-state index contributed by atoms with van der Waals surface area (Å²) < 4.78 is 0. The van der Waals surface area contributed by atoms with E-state index in [-0.39, 0.29) is 11.8 Å². The van der Waals surface area contributed by atoms with Crippen LogP contribution in [0.4, 0.5) is 0 Å². The van der Waals surface area contributed by atoms with E-state index in [1.807, 2.05) is 24.3 Å². The van der Waals surface area contributed by atoms with E-state index in [0.717, 1.165) is 36.4 Å². The summed E-state index contributed by atoms with van der Waals surface area (Å²) in [5.74, 6) is 0.715. The predicted molar refractivity (Wildman–Crippen MR) is 79.5 cm³/mol. The van der Waals surface area contributed by atoms with E-state index in [1.165, 1.54) is 12.8 Å². The summed E-state index contributed by atoms with van der Waals surface area (Å²) in [4.78, 5) is 12.3. The van der Waals surface area contributed by atoms with E-state index in [1.54, 1.807) is 0 Å². The minimum absolute atomic E-state index is 0.0129. The highest BCUT2D eigenvalue weighted by atomic mass is 35.5. The zero-order valence-electron chi connectivity index (χ0n) is 11.5. The van der Waals surface area contributed by atoms with Gasteiger partial charge in [0.05, 0.1) is 5.92 Å². The van der Waals surface area contributed by atoms with Gasteiger partial charge in [-0.05, 0) is 42.9 Å². The van der Waals surface area contributed by atoms with Crippen LogP contribution in [0.15, 0.2) is 24.3 Å². The van der Waals surface area contributed by atoms with Gasteiger partial charge < -0.3 is 5.32 Å². The molecule has 2 nitrogen and oxygen atoms in total. The minimum atomic E-state index is 0.0129. The molecule has 0 saturated heterocycles. The summed E-state index contributed by atoms with van der Waals surface area (Å²) >= 11 is 5.91. The molecule has 0 heterocycles. The van der Waals surface area contributed by atoms with Crippen molar-refractivity contribution in [2.24, 2.45) is 5.92 Å². The second kappa shape index (κ2) is 6.95. The van der Waals surface area contributed by atoms with Gasteiger partial charge in [0.1, 0.15) is 0 Å². The number of carbonyl (C=O) groups is 1. The molecule has 1 N–H and O–H groups in total. The van der Waals surface area contributed by atoms with Crippen LogP contribution in [0.1, 0.15) is 50.5 Å². The number of benzene rings is 1. The van der Waals surface area contributed by atoms with Crippen LogP contribution in [0.5, 0.6) is 0 Å². The topological polar surface area (TPSA) is 29.1 Å². The highest BCUT2D eigenvalue weighted by Gasteiger charge is 2.36. The molecule has 0 radical (unpaired) electrons. The number of halogens is 1. The molecule has 2 rings (SSSR count). The molecule has 1 aliphatic rings. The SMILES string of the molecule is CCCCCNC(=O)C(c1ccc(Cl)cc1)C1CC1. The van der Waals surface area contributed by atoms with Crippen molar-refractivity contribution in [2.45, 2.75) is 44.9 Å². The molecular weight excluding hydrogens is 258 g/mol. The third kappa shape index (κ3) is 4.24. The number of hydrogen-bond donors (Lipinski definition) is 1. The number of unbranched alkanes of at least 4 members (excludes halogenated alkanes) is 2. The van der Waals surface area contributed by atoms with Crippen molar-refractivity contribution in [3.63, 3.8) is 0 Å². The van der Waals surface area contributed by atoms with Gasteiger partial charge in [0.15, 0.2) is 0 Å². The second-order valence-corrected chi connectivity index (χ2v) is 5.80. The number of amides is 1. The molecule has 19 heavy (non-hydrogen) atoms. The Hall–Kier alpha value is -1.02. The van der Waals surface area contributed by atoms with Crippen LogP contribution >= 0.6 is 11.6 Å². The molecule has 0 aromatic heterocycles. The van der Waals surface area contributed by atoms with E-state index in [2.05, 4.69) is 12.2 Å². The third-order valence-electron chi connectivity index (χ3n) is 3.68.